The molecule has 0 aromatic heterocycles. The quantitative estimate of drug-likeness (QED) is 0.460. The van der Waals surface area contributed by atoms with E-state index in [9.17, 15) is 0 Å². The number of nitrogens with one attached hydrogen (secondary N) is 2. The normalized spacial score (nSPS) is 21.8. The zero-order chi connectivity index (χ0) is 24.1. The molecule has 5 rings (SSSR count). The van der Waals surface area contributed by atoms with Crippen LogP contribution in [-0.2, 0) is 18.4 Å². The summed E-state index contributed by atoms with van der Waals surface area (Å²) in [6.07, 6.45) is 6.20. The molecule has 0 aliphatic carbocycles. The molecule has 0 saturated carbocycles. The van der Waals surface area contributed by atoms with E-state index >= 15 is 4.39 Å². The van der Waals surface area contributed by atoms with Crippen molar-refractivity contribution in [2.45, 2.75) is 50.1 Å². The molecule has 0 amide bonds. The van der Waals surface area contributed by atoms with Crippen molar-refractivity contribution < 1.29 is 13.9 Å². The van der Waals surface area contributed by atoms with E-state index < -0.39 is 5.54 Å². The number of halogens is 1. The van der Waals surface area contributed by atoms with Crippen LogP contribution in [0.3, 0.4) is 0 Å². The van der Waals surface area contributed by atoms with Gasteiger partial charge in [0.25, 0.3) is 0 Å². The molecular formula is C30H35FN2O2. The molecule has 4 nitrogen and oxygen atoms in total. The maximum atomic E-state index is 15.6. The van der Waals surface area contributed by atoms with Gasteiger partial charge in [0, 0.05) is 19.0 Å². The second kappa shape index (κ2) is 10.8. The largest absolute Gasteiger partial charge is 0.496 e. The van der Waals surface area contributed by atoms with Crippen LogP contribution in [0.4, 0.5) is 4.39 Å². The fourth-order valence-electron chi connectivity index (χ4n) is 5.78. The molecule has 3 aromatic carbocycles. The molecule has 2 N–H and O–H groups in total. The number of hydrogen-bond donors (Lipinski definition) is 2. The van der Waals surface area contributed by atoms with Crippen molar-refractivity contribution in [3.05, 3.63) is 94.8 Å². The fraction of sp³-hybridized carbons (Fsp3) is 0.400. The summed E-state index contributed by atoms with van der Waals surface area (Å²) >= 11 is 0. The first kappa shape index (κ1) is 23.8. The molecular weight excluding hydrogens is 439 g/mol. The lowest BCUT2D eigenvalue weighted by Crippen LogP contribution is -2.50. The van der Waals surface area contributed by atoms with Crippen LogP contribution in [-0.4, -0.2) is 32.8 Å². The molecule has 184 valence electrons. The van der Waals surface area contributed by atoms with Gasteiger partial charge in [0.2, 0.25) is 0 Å². The Balaban J connectivity index is 1.51. The van der Waals surface area contributed by atoms with E-state index in [1.54, 1.807) is 13.2 Å². The van der Waals surface area contributed by atoms with E-state index in [4.69, 9.17) is 9.47 Å². The number of para-hydroxylation sites is 1. The lowest BCUT2D eigenvalue weighted by molar-refractivity contribution is 0.263. The third-order valence-electron chi connectivity index (χ3n) is 7.48. The lowest BCUT2D eigenvalue weighted by atomic mass is 9.73. The SMILES string of the molecule is COc1cccc(F)c1C1(Cc2ccccc2OCCC2CCCCN2)NCCc2ccccc21. The van der Waals surface area contributed by atoms with Crippen molar-refractivity contribution in [2.24, 2.45) is 0 Å². The first-order valence-electron chi connectivity index (χ1n) is 12.8. The third-order valence-corrected chi connectivity index (χ3v) is 7.48. The van der Waals surface area contributed by atoms with Crippen LogP contribution in [0, 0.1) is 5.82 Å². The van der Waals surface area contributed by atoms with Crippen molar-refractivity contribution in [3.8, 4) is 11.5 Å². The Morgan fingerprint density at radius 2 is 1.77 bits per heavy atom. The highest BCUT2D eigenvalue weighted by molar-refractivity contribution is 5.53. The summed E-state index contributed by atoms with van der Waals surface area (Å²) in [4.78, 5) is 0. The summed E-state index contributed by atoms with van der Waals surface area (Å²) < 4.78 is 27.7. The number of ether oxygens (including phenoxy) is 2. The van der Waals surface area contributed by atoms with Gasteiger partial charge in [-0.05, 0) is 67.1 Å². The van der Waals surface area contributed by atoms with Crippen LogP contribution < -0.4 is 20.1 Å². The lowest BCUT2D eigenvalue weighted by Gasteiger charge is -2.42. The molecule has 1 fully saturated rings. The number of benzene rings is 3. The van der Waals surface area contributed by atoms with Gasteiger partial charge in [0.1, 0.15) is 17.3 Å². The smallest absolute Gasteiger partial charge is 0.132 e. The van der Waals surface area contributed by atoms with Crippen LogP contribution >= 0.6 is 0 Å². The molecule has 1 saturated heterocycles. The maximum absolute atomic E-state index is 15.6. The second-order valence-electron chi connectivity index (χ2n) is 9.62. The zero-order valence-electron chi connectivity index (χ0n) is 20.5. The third kappa shape index (κ3) is 4.93. The van der Waals surface area contributed by atoms with Gasteiger partial charge in [-0.3, -0.25) is 0 Å². The van der Waals surface area contributed by atoms with Gasteiger partial charge in [-0.25, -0.2) is 4.39 Å². The highest BCUT2D eigenvalue weighted by Gasteiger charge is 2.42. The average molecular weight is 475 g/mol. The van der Waals surface area contributed by atoms with E-state index in [0.29, 0.717) is 30.4 Å². The molecule has 0 spiro atoms. The number of methoxy groups -OCH3 is 1. The Morgan fingerprint density at radius 1 is 0.943 bits per heavy atom. The van der Waals surface area contributed by atoms with E-state index in [2.05, 4.69) is 34.9 Å². The molecule has 2 heterocycles. The van der Waals surface area contributed by atoms with Gasteiger partial charge in [0.05, 0.1) is 24.8 Å². The average Bonchev–Trinajstić information content (AvgIpc) is 2.90. The highest BCUT2D eigenvalue weighted by Crippen LogP contribution is 2.44. The minimum Gasteiger partial charge on any atom is -0.496 e. The molecule has 2 atom stereocenters. The Bertz CT molecular complexity index is 1140. The Hall–Kier alpha value is -2.89. The summed E-state index contributed by atoms with van der Waals surface area (Å²) in [5.74, 6) is 1.15. The molecule has 2 unspecified atom stereocenters. The molecule has 0 bridgehead atoms. The molecule has 2 aliphatic heterocycles. The Morgan fingerprint density at radius 3 is 2.63 bits per heavy atom. The van der Waals surface area contributed by atoms with Gasteiger partial charge in [-0.15, -0.1) is 0 Å². The van der Waals surface area contributed by atoms with E-state index in [0.717, 1.165) is 42.8 Å². The van der Waals surface area contributed by atoms with Crippen LogP contribution in [0.25, 0.3) is 0 Å². The minimum absolute atomic E-state index is 0.268. The molecule has 0 radical (unpaired) electrons. The summed E-state index contributed by atoms with van der Waals surface area (Å²) in [5.41, 5.74) is 3.17. The minimum atomic E-state index is -0.768. The summed E-state index contributed by atoms with van der Waals surface area (Å²) in [5, 5.41) is 7.32. The monoisotopic (exact) mass is 474 g/mol. The van der Waals surface area contributed by atoms with Gasteiger partial charge in [0.15, 0.2) is 0 Å². The van der Waals surface area contributed by atoms with Crippen molar-refractivity contribution in [1.82, 2.24) is 10.6 Å². The Labute approximate surface area is 207 Å². The van der Waals surface area contributed by atoms with Gasteiger partial charge in [-0.1, -0.05) is 55.0 Å². The Kier molecular flexibility index (Phi) is 7.35. The fourth-order valence-corrected chi connectivity index (χ4v) is 5.78. The number of piperidine rings is 1. The van der Waals surface area contributed by atoms with E-state index in [1.807, 2.05) is 30.3 Å². The van der Waals surface area contributed by atoms with Crippen molar-refractivity contribution >= 4 is 0 Å². The van der Waals surface area contributed by atoms with Crippen molar-refractivity contribution in [3.63, 3.8) is 0 Å². The summed E-state index contributed by atoms with van der Waals surface area (Å²) in [7, 11) is 1.61. The highest BCUT2D eigenvalue weighted by atomic mass is 19.1. The predicted molar refractivity (Wildman–Crippen MR) is 138 cm³/mol. The maximum Gasteiger partial charge on any atom is 0.132 e. The van der Waals surface area contributed by atoms with E-state index in [1.165, 1.54) is 30.9 Å². The molecule has 5 heteroatoms. The van der Waals surface area contributed by atoms with Crippen molar-refractivity contribution in [2.75, 3.05) is 26.8 Å². The topological polar surface area (TPSA) is 42.5 Å². The van der Waals surface area contributed by atoms with Crippen LogP contribution in [0.1, 0.15) is 47.9 Å². The van der Waals surface area contributed by atoms with Gasteiger partial charge < -0.3 is 20.1 Å². The molecule has 3 aromatic rings. The summed E-state index contributed by atoms with van der Waals surface area (Å²) in [6.45, 7) is 2.51. The second-order valence-corrected chi connectivity index (χ2v) is 9.62. The summed E-state index contributed by atoms with van der Waals surface area (Å²) in [6, 6.07) is 22.1. The standard InChI is InChI=1S/C30H35FN2O2/c1-34-28-15-8-13-26(31)29(28)30(25-12-4-2-9-22(25)16-19-33-30)21-23-10-3-5-14-27(23)35-20-17-24-11-6-7-18-32-24/h2-5,8-10,12-15,24,32-33H,6-7,11,16-21H2,1H3. The molecule has 2 aliphatic rings. The predicted octanol–water partition coefficient (Wildman–Crippen LogP) is 5.38. The molecule has 35 heavy (non-hydrogen) atoms. The van der Waals surface area contributed by atoms with Crippen LogP contribution in [0.15, 0.2) is 66.7 Å². The number of rotatable bonds is 8. The van der Waals surface area contributed by atoms with Gasteiger partial charge >= 0.3 is 0 Å². The zero-order valence-corrected chi connectivity index (χ0v) is 20.5. The van der Waals surface area contributed by atoms with E-state index in [-0.39, 0.29) is 5.82 Å². The van der Waals surface area contributed by atoms with Crippen LogP contribution in [0.2, 0.25) is 0 Å². The number of hydrogen-bond acceptors (Lipinski definition) is 4. The number of fused-ring (bicyclic) bond motifs is 1. The first-order chi connectivity index (χ1) is 17.2. The van der Waals surface area contributed by atoms with Gasteiger partial charge in [-0.2, -0.15) is 0 Å². The first-order valence-corrected chi connectivity index (χ1v) is 12.8. The van der Waals surface area contributed by atoms with Crippen molar-refractivity contribution in [1.29, 1.82) is 0 Å². The van der Waals surface area contributed by atoms with Crippen LogP contribution in [0.5, 0.6) is 11.5 Å².